The van der Waals surface area contributed by atoms with Crippen LogP contribution in [-0.2, 0) is 11.3 Å². The maximum atomic E-state index is 12.3. The number of fused-ring (bicyclic) bond motifs is 1. The number of carbonyl (C=O) groups is 1. The van der Waals surface area contributed by atoms with Gasteiger partial charge < -0.3 is 0 Å². The van der Waals surface area contributed by atoms with Gasteiger partial charge in [0.15, 0.2) is 0 Å². The Balaban J connectivity index is 2.04. The standard InChI is InChI=1S/C16H16ClN5O2/c1-9-10(2)18-15-19-16(20-22(15)14(9)24)21(11(3)23)8-12-4-6-13(17)7-5-12/h4-7H,8H2,1-3H3,(H,18,19,20). The SMILES string of the molecule is CC(=O)N(Cc1ccc(Cl)cc1)c1nc2nc(C)c(C)c(=O)n2[nH]1. The van der Waals surface area contributed by atoms with Gasteiger partial charge in [0.1, 0.15) is 0 Å². The van der Waals surface area contributed by atoms with E-state index >= 15 is 0 Å². The number of amides is 1. The second kappa shape index (κ2) is 6.09. The molecular weight excluding hydrogens is 330 g/mol. The highest BCUT2D eigenvalue weighted by molar-refractivity contribution is 6.30. The van der Waals surface area contributed by atoms with Crippen LogP contribution in [0.4, 0.5) is 5.95 Å². The van der Waals surface area contributed by atoms with Gasteiger partial charge in [-0.2, -0.15) is 9.50 Å². The lowest BCUT2D eigenvalue weighted by molar-refractivity contribution is -0.116. The van der Waals surface area contributed by atoms with Crippen LogP contribution in [0.15, 0.2) is 29.1 Å². The Hall–Kier alpha value is -2.67. The molecule has 3 aromatic rings. The number of aromatic nitrogens is 4. The quantitative estimate of drug-likeness (QED) is 0.789. The Bertz CT molecular complexity index is 975. The molecule has 0 radical (unpaired) electrons. The van der Waals surface area contributed by atoms with Gasteiger partial charge in [0, 0.05) is 23.2 Å². The first kappa shape index (κ1) is 16.2. The average molecular weight is 346 g/mol. The zero-order valence-electron chi connectivity index (χ0n) is 13.5. The first-order chi connectivity index (χ1) is 11.4. The van der Waals surface area contributed by atoms with E-state index in [1.54, 1.807) is 26.0 Å². The van der Waals surface area contributed by atoms with E-state index in [9.17, 15) is 9.59 Å². The molecule has 7 nitrogen and oxygen atoms in total. The third-order valence-electron chi connectivity index (χ3n) is 3.84. The van der Waals surface area contributed by atoms with Gasteiger partial charge in [0.05, 0.1) is 6.54 Å². The Morgan fingerprint density at radius 2 is 1.92 bits per heavy atom. The normalized spacial score (nSPS) is 11.0. The number of aryl methyl sites for hydroxylation is 1. The van der Waals surface area contributed by atoms with Crippen LogP contribution in [0.5, 0.6) is 0 Å². The summed E-state index contributed by atoms with van der Waals surface area (Å²) in [7, 11) is 0. The lowest BCUT2D eigenvalue weighted by atomic mass is 10.2. The van der Waals surface area contributed by atoms with Gasteiger partial charge >= 0.3 is 0 Å². The first-order valence-electron chi connectivity index (χ1n) is 7.35. The van der Waals surface area contributed by atoms with Gasteiger partial charge in [-0.3, -0.25) is 19.6 Å². The molecule has 0 saturated carbocycles. The number of halogens is 1. The van der Waals surface area contributed by atoms with E-state index < -0.39 is 0 Å². The molecule has 8 heteroatoms. The Labute approximate surface area is 142 Å². The number of carbonyl (C=O) groups excluding carboxylic acids is 1. The van der Waals surface area contributed by atoms with Crippen molar-refractivity contribution in [3.63, 3.8) is 0 Å². The number of nitrogens with one attached hydrogen (secondary N) is 1. The minimum absolute atomic E-state index is 0.203. The number of aromatic amines is 1. The highest BCUT2D eigenvalue weighted by atomic mass is 35.5. The van der Waals surface area contributed by atoms with E-state index in [4.69, 9.17) is 11.6 Å². The number of hydrogen-bond acceptors (Lipinski definition) is 4. The molecule has 3 rings (SSSR count). The zero-order chi connectivity index (χ0) is 17.4. The minimum atomic E-state index is -0.230. The summed E-state index contributed by atoms with van der Waals surface area (Å²) in [4.78, 5) is 34.3. The number of rotatable bonds is 3. The molecule has 2 aromatic heterocycles. The molecule has 0 bridgehead atoms. The smallest absolute Gasteiger partial charge is 0.277 e. The maximum absolute atomic E-state index is 12.3. The van der Waals surface area contributed by atoms with Crippen LogP contribution in [0.25, 0.3) is 5.78 Å². The van der Waals surface area contributed by atoms with Crippen LogP contribution in [-0.4, -0.2) is 25.5 Å². The van der Waals surface area contributed by atoms with E-state index in [1.807, 2.05) is 12.1 Å². The van der Waals surface area contributed by atoms with Crippen LogP contribution >= 0.6 is 11.6 Å². The molecule has 0 aliphatic rings. The highest BCUT2D eigenvalue weighted by Gasteiger charge is 2.18. The molecule has 1 amide bonds. The minimum Gasteiger partial charge on any atom is -0.277 e. The van der Waals surface area contributed by atoms with Crippen molar-refractivity contribution in [2.75, 3.05) is 4.90 Å². The summed E-state index contributed by atoms with van der Waals surface area (Å²) in [6.45, 7) is 5.20. The third-order valence-corrected chi connectivity index (χ3v) is 4.09. The molecule has 1 aromatic carbocycles. The Kier molecular flexibility index (Phi) is 4.11. The van der Waals surface area contributed by atoms with E-state index in [2.05, 4.69) is 15.1 Å². The van der Waals surface area contributed by atoms with Gasteiger partial charge in [-0.25, -0.2) is 4.98 Å². The first-order valence-corrected chi connectivity index (χ1v) is 7.73. The summed E-state index contributed by atoms with van der Waals surface area (Å²) in [6, 6.07) is 7.18. The van der Waals surface area contributed by atoms with E-state index in [0.717, 1.165) is 5.56 Å². The topological polar surface area (TPSA) is 83.4 Å². The second-order valence-corrected chi connectivity index (χ2v) is 5.98. The van der Waals surface area contributed by atoms with Crippen LogP contribution in [0.2, 0.25) is 5.02 Å². The van der Waals surface area contributed by atoms with Crippen molar-refractivity contribution in [1.29, 1.82) is 0 Å². The zero-order valence-corrected chi connectivity index (χ0v) is 14.3. The number of H-pyrrole nitrogens is 1. The third kappa shape index (κ3) is 2.90. The van der Waals surface area contributed by atoms with Gasteiger partial charge in [-0.1, -0.05) is 23.7 Å². The van der Waals surface area contributed by atoms with Crippen LogP contribution in [0.1, 0.15) is 23.7 Å². The maximum Gasteiger partial charge on any atom is 0.277 e. The largest absolute Gasteiger partial charge is 0.277 e. The summed E-state index contributed by atoms with van der Waals surface area (Å²) in [5.74, 6) is 0.304. The molecule has 0 unspecified atom stereocenters. The van der Waals surface area contributed by atoms with E-state index in [0.29, 0.717) is 22.8 Å². The van der Waals surface area contributed by atoms with Crippen molar-refractivity contribution in [3.8, 4) is 0 Å². The molecule has 0 aliphatic carbocycles. The molecular formula is C16H16ClN5O2. The predicted octanol–water partition coefficient (Wildman–Crippen LogP) is 2.24. The molecule has 124 valence electrons. The molecule has 0 fully saturated rings. The second-order valence-electron chi connectivity index (χ2n) is 5.54. The van der Waals surface area contributed by atoms with Gasteiger partial charge in [-0.15, -0.1) is 0 Å². The lowest BCUT2D eigenvalue weighted by Crippen LogP contribution is -2.29. The highest BCUT2D eigenvalue weighted by Crippen LogP contribution is 2.16. The summed E-state index contributed by atoms with van der Waals surface area (Å²) in [6.07, 6.45) is 0. The van der Waals surface area contributed by atoms with E-state index in [1.165, 1.54) is 16.3 Å². The Morgan fingerprint density at radius 3 is 2.54 bits per heavy atom. The number of anilines is 1. The molecule has 0 spiro atoms. The average Bonchev–Trinajstić information content (AvgIpc) is 2.95. The fourth-order valence-electron chi connectivity index (χ4n) is 2.32. The molecule has 0 aliphatic heterocycles. The molecule has 24 heavy (non-hydrogen) atoms. The van der Waals surface area contributed by atoms with Crippen molar-refractivity contribution >= 4 is 29.2 Å². The van der Waals surface area contributed by atoms with Crippen LogP contribution in [0, 0.1) is 13.8 Å². The van der Waals surface area contributed by atoms with Crippen molar-refractivity contribution in [1.82, 2.24) is 19.6 Å². The summed E-state index contributed by atoms with van der Waals surface area (Å²) < 4.78 is 1.25. The van der Waals surface area contributed by atoms with Crippen molar-refractivity contribution in [2.45, 2.75) is 27.3 Å². The lowest BCUT2D eigenvalue weighted by Gasteiger charge is -2.17. The van der Waals surface area contributed by atoms with Gasteiger partial charge in [0.25, 0.3) is 11.3 Å². The van der Waals surface area contributed by atoms with Gasteiger partial charge in [-0.05, 0) is 31.5 Å². The van der Waals surface area contributed by atoms with Crippen molar-refractivity contribution < 1.29 is 4.79 Å². The monoisotopic (exact) mass is 345 g/mol. The van der Waals surface area contributed by atoms with Crippen molar-refractivity contribution in [3.05, 3.63) is 56.5 Å². The fourth-order valence-corrected chi connectivity index (χ4v) is 2.45. The summed E-state index contributed by atoms with van der Waals surface area (Å²) in [5.41, 5.74) is 1.81. The van der Waals surface area contributed by atoms with Crippen LogP contribution < -0.4 is 10.5 Å². The van der Waals surface area contributed by atoms with Gasteiger partial charge in [0.2, 0.25) is 11.9 Å². The molecule has 1 N–H and O–H groups in total. The molecule has 0 saturated heterocycles. The van der Waals surface area contributed by atoms with Crippen molar-refractivity contribution in [2.24, 2.45) is 0 Å². The van der Waals surface area contributed by atoms with E-state index in [-0.39, 0.29) is 23.2 Å². The van der Waals surface area contributed by atoms with Crippen LogP contribution in [0.3, 0.4) is 0 Å². The summed E-state index contributed by atoms with van der Waals surface area (Å²) in [5, 5.41) is 3.48. The number of hydrogen-bond donors (Lipinski definition) is 1. The predicted molar refractivity (Wildman–Crippen MR) is 91.4 cm³/mol. The molecule has 0 atom stereocenters. The number of nitrogens with zero attached hydrogens (tertiary/aromatic N) is 4. The number of benzene rings is 1. The fraction of sp³-hybridized carbons (Fsp3) is 0.250. The Morgan fingerprint density at radius 1 is 1.25 bits per heavy atom. The molecule has 2 heterocycles. The summed E-state index contributed by atoms with van der Waals surface area (Å²) >= 11 is 5.88.